The number of aromatic amines is 1. The average Bonchev–Trinajstić information content (AvgIpc) is 3.39. The number of amides is 2. The third-order valence-electron chi connectivity index (χ3n) is 5.14. The number of aliphatic carboxylic acids is 1. The first kappa shape index (κ1) is 21.6. The minimum absolute atomic E-state index is 0.102. The number of ether oxygens (including phenoxy) is 1. The van der Waals surface area contributed by atoms with Crippen molar-refractivity contribution >= 4 is 23.9 Å². The van der Waals surface area contributed by atoms with E-state index in [4.69, 9.17) is 16.3 Å². The molecule has 33 heavy (non-hydrogen) atoms. The number of terminal acetylenes is 1. The summed E-state index contributed by atoms with van der Waals surface area (Å²) >= 11 is 0. The molecule has 2 amide bonds. The number of hydrogen-bond donors (Lipinski definition) is 3. The van der Waals surface area contributed by atoms with E-state index in [9.17, 15) is 14.4 Å². The zero-order valence-electron chi connectivity index (χ0n) is 17.3. The summed E-state index contributed by atoms with van der Waals surface area (Å²) in [4.78, 5) is 40.4. The van der Waals surface area contributed by atoms with Crippen LogP contribution >= 0.6 is 0 Å². The molecule has 1 aliphatic carbocycles. The number of hydrogen-bond acceptors (Lipinski definition) is 6. The van der Waals surface area contributed by atoms with Gasteiger partial charge in [-0.1, -0.05) is 54.5 Å². The molecule has 0 saturated carbocycles. The molecule has 1 heterocycles. The first-order valence-electron chi connectivity index (χ1n) is 9.97. The second-order valence-electron chi connectivity index (χ2n) is 7.22. The van der Waals surface area contributed by atoms with Crippen molar-refractivity contribution in [3.05, 3.63) is 65.5 Å². The lowest BCUT2D eigenvalue weighted by atomic mass is 9.98. The Hall–Kier alpha value is -4.65. The van der Waals surface area contributed by atoms with Gasteiger partial charge < -0.3 is 14.7 Å². The maximum absolute atomic E-state index is 12.4. The Balaban J connectivity index is 1.40. The second-order valence-corrected chi connectivity index (χ2v) is 7.22. The minimum Gasteiger partial charge on any atom is -0.480 e. The first-order valence-corrected chi connectivity index (χ1v) is 9.97. The van der Waals surface area contributed by atoms with Gasteiger partial charge in [-0.2, -0.15) is 4.98 Å². The molecule has 0 fully saturated rings. The third-order valence-corrected chi connectivity index (χ3v) is 5.14. The predicted molar refractivity (Wildman–Crippen MR) is 117 cm³/mol. The van der Waals surface area contributed by atoms with Gasteiger partial charge in [0, 0.05) is 5.92 Å². The number of aromatic nitrogens is 3. The number of nitrogens with zero attached hydrogens (tertiary/aromatic N) is 3. The van der Waals surface area contributed by atoms with E-state index in [0.717, 1.165) is 27.2 Å². The molecule has 0 radical (unpaired) electrons. The van der Waals surface area contributed by atoms with Crippen molar-refractivity contribution in [3.8, 4) is 23.5 Å². The predicted octanol–water partition coefficient (Wildman–Crippen LogP) is 2.33. The summed E-state index contributed by atoms with van der Waals surface area (Å²) in [5.74, 6) is -0.339. The Morgan fingerprint density at radius 3 is 2.36 bits per heavy atom. The van der Waals surface area contributed by atoms with E-state index in [-0.39, 0.29) is 30.8 Å². The fourth-order valence-corrected chi connectivity index (χ4v) is 3.76. The molecule has 0 saturated heterocycles. The molecule has 10 heteroatoms. The largest absolute Gasteiger partial charge is 0.480 e. The monoisotopic (exact) mass is 445 g/mol. The Morgan fingerprint density at radius 2 is 1.76 bits per heavy atom. The smallest absolute Gasteiger partial charge is 0.414 e. The number of nitrogens with one attached hydrogen (secondary N) is 2. The lowest BCUT2D eigenvalue weighted by Gasteiger charge is -2.15. The van der Waals surface area contributed by atoms with Crippen LogP contribution in [0.25, 0.3) is 11.1 Å². The van der Waals surface area contributed by atoms with E-state index in [1.165, 1.54) is 0 Å². The van der Waals surface area contributed by atoms with E-state index in [0.29, 0.717) is 0 Å². The van der Waals surface area contributed by atoms with E-state index >= 15 is 0 Å². The SMILES string of the molecule is C#CCN(CC(=O)O)C(=O)c1nc(NC(=O)OCC2c3ccccc3-c3ccccc32)n[nH]1. The maximum Gasteiger partial charge on any atom is 0.414 e. The number of carboxylic acids is 1. The molecule has 3 N–H and O–H groups in total. The first-order chi connectivity index (χ1) is 16.0. The topological polar surface area (TPSA) is 138 Å². The second kappa shape index (κ2) is 9.23. The van der Waals surface area contributed by atoms with Gasteiger partial charge in [0.1, 0.15) is 13.2 Å². The van der Waals surface area contributed by atoms with E-state index < -0.39 is 24.5 Å². The van der Waals surface area contributed by atoms with Crippen LogP contribution in [0.15, 0.2) is 48.5 Å². The van der Waals surface area contributed by atoms with E-state index in [1.54, 1.807) is 0 Å². The standard InChI is InChI=1S/C23H19N5O5/c1-2-11-28(12-19(29)30)21(31)20-24-22(27-26-20)25-23(32)33-13-18-16-9-5-3-7-14(16)15-8-4-6-10-17(15)18/h1,3-10,18H,11-13H2,(H,29,30)(H2,24,25,26,27,32). The van der Waals surface area contributed by atoms with Crippen molar-refractivity contribution in [1.29, 1.82) is 0 Å². The summed E-state index contributed by atoms with van der Waals surface area (Å²) in [5, 5.41) is 17.4. The molecule has 166 valence electrons. The van der Waals surface area contributed by atoms with Crippen molar-refractivity contribution in [1.82, 2.24) is 20.1 Å². The van der Waals surface area contributed by atoms with Gasteiger partial charge >= 0.3 is 12.1 Å². The van der Waals surface area contributed by atoms with Gasteiger partial charge in [-0.15, -0.1) is 11.5 Å². The highest BCUT2D eigenvalue weighted by molar-refractivity contribution is 5.93. The minimum atomic E-state index is -1.23. The highest BCUT2D eigenvalue weighted by atomic mass is 16.5. The lowest BCUT2D eigenvalue weighted by molar-refractivity contribution is -0.137. The van der Waals surface area contributed by atoms with Crippen LogP contribution < -0.4 is 5.32 Å². The summed E-state index contributed by atoms with van der Waals surface area (Å²) in [7, 11) is 0. The highest BCUT2D eigenvalue weighted by Gasteiger charge is 2.29. The quantitative estimate of drug-likeness (QED) is 0.475. The Kier molecular flexibility index (Phi) is 6.04. The lowest BCUT2D eigenvalue weighted by Crippen LogP contribution is -2.36. The number of anilines is 1. The van der Waals surface area contributed by atoms with Gasteiger partial charge in [0.15, 0.2) is 0 Å². The summed E-state index contributed by atoms with van der Waals surface area (Å²) in [6.45, 7) is -0.718. The van der Waals surface area contributed by atoms with Crippen molar-refractivity contribution in [2.75, 3.05) is 25.0 Å². The molecule has 0 atom stereocenters. The zero-order chi connectivity index (χ0) is 23.4. The summed E-state index contributed by atoms with van der Waals surface area (Å²) in [6, 6.07) is 15.9. The number of carbonyl (C=O) groups excluding carboxylic acids is 2. The fraction of sp³-hybridized carbons (Fsp3) is 0.174. The van der Waals surface area contributed by atoms with Gasteiger partial charge in [0.2, 0.25) is 5.82 Å². The van der Waals surface area contributed by atoms with Gasteiger partial charge in [0.05, 0.1) is 6.54 Å². The van der Waals surface area contributed by atoms with Gasteiger partial charge in [-0.3, -0.25) is 20.0 Å². The number of rotatable bonds is 7. The van der Waals surface area contributed by atoms with Crippen LogP contribution in [0.5, 0.6) is 0 Å². The molecule has 1 aromatic heterocycles. The van der Waals surface area contributed by atoms with Crippen molar-refractivity contribution < 1.29 is 24.2 Å². The van der Waals surface area contributed by atoms with Gasteiger partial charge in [0.25, 0.3) is 11.9 Å². The highest BCUT2D eigenvalue weighted by Crippen LogP contribution is 2.44. The normalized spacial score (nSPS) is 11.7. The molecule has 0 spiro atoms. The number of fused-ring (bicyclic) bond motifs is 3. The number of H-pyrrole nitrogens is 1. The molecule has 10 nitrogen and oxygen atoms in total. The number of carboxylic acid groups (broad SMARTS) is 1. The summed E-state index contributed by atoms with van der Waals surface area (Å²) in [6.07, 6.45) is 4.39. The summed E-state index contributed by atoms with van der Waals surface area (Å²) < 4.78 is 5.41. The van der Waals surface area contributed by atoms with Crippen molar-refractivity contribution in [2.45, 2.75) is 5.92 Å². The third kappa shape index (κ3) is 4.52. The van der Waals surface area contributed by atoms with Crippen LogP contribution in [-0.2, 0) is 9.53 Å². The van der Waals surface area contributed by atoms with E-state index in [1.807, 2.05) is 48.5 Å². The Bertz CT molecular complexity index is 1220. The van der Waals surface area contributed by atoms with E-state index in [2.05, 4.69) is 26.4 Å². The van der Waals surface area contributed by atoms with Crippen LogP contribution in [0.3, 0.4) is 0 Å². The molecule has 3 aromatic rings. The summed E-state index contributed by atoms with van der Waals surface area (Å²) in [5.41, 5.74) is 4.36. The Labute approximate surface area is 188 Å². The molecule has 0 bridgehead atoms. The zero-order valence-corrected chi connectivity index (χ0v) is 17.3. The van der Waals surface area contributed by atoms with Crippen molar-refractivity contribution in [2.24, 2.45) is 0 Å². The van der Waals surface area contributed by atoms with Crippen LogP contribution in [-0.4, -0.2) is 62.9 Å². The average molecular weight is 445 g/mol. The molecule has 4 rings (SSSR count). The maximum atomic E-state index is 12.4. The molecular weight excluding hydrogens is 426 g/mol. The van der Waals surface area contributed by atoms with Crippen LogP contribution in [0, 0.1) is 12.3 Å². The molecular formula is C23H19N5O5. The number of benzene rings is 2. The fourth-order valence-electron chi connectivity index (χ4n) is 3.76. The van der Waals surface area contributed by atoms with Crippen LogP contribution in [0.2, 0.25) is 0 Å². The molecule has 1 aliphatic rings. The van der Waals surface area contributed by atoms with Crippen LogP contribution in [0.4, 0.5) is 10.7 Å². The van der Waals surface area contributed by atoms with Crippen LogP contribution in [0.1, 0.15) is 27.7 Å². The number of carbonyl (C=O) groups is 3. The Morgan fingerprint density at radius 1 is 1.12 bits per heavy atom. The molecule has 0 unspecified atom stereocenters. The van der Waals surface area contributed by atoms with Gasteiger partial charge in [-0.25, -0.2) is 4.79 Å². The molecule has 2 aromatic carbocycles. The molecule has 0 aliphatic heterocycles. The van der Waals surface area contributed by atoms with Gasteiger partial charge in [-0.05, 0) is 22.3 Å². The van der Waals surface area contributed by atoms with Crippen molar-refractivity contribution in [3.63, 3.8) is 0 Å².